The quantitative estimate of drug-likeness (QED) is 0.845. The van der Waals surface area contributed by atoms with Gasteiger partial charge in [0.2, 0.25) is 5.91 Å². The van der Waals surface area contributed by atoms with E-state index in [0.29, 0.717) is 6.42 Å². The Balaban J connectivity index is 1.78. The molecule has 0 saturated carbocycles. The number of aryl methyl sites for hydroxylation is 1. The van der Waals surface area contributed by atoms with Crippen LogP contribution < -0.4 is 15.1 Å². The average Bonchev–Trinajstić information content (AvgIpc) is 2.90. The van der Waals surface area contributed by atoms with Crippen molar-refractivity contribution in [3.05, 3.63) is 65.2 Å². The molecule has 4 rings (SSSR count). The Kier molecular flexibility index (Phi) is 4.68. The van der Waals surface area contributed by atoms with Gasteiger partial charge in [-0.2, -0.15) is 0 Å². The first-order valence-electron chi connectivity index (χ1n) is 10.5. The number of nitrogens with one attached hydrogen (secondary N) is 1. The summed E-state index contributed by atoms with van der Waals surface area (Å²) in [6.45, 7) is 7.41. The zero-order valence-electron chi connectivity index (χ0n) is 18.1. The van der Waals surface area contributed by atoms with Gasteiger partial charge in [0.15, 0.2) is 0 Å². The Hall–Kier alpha value is -2.75. The molecule has 1 atom stereocenters. The van der Waals surface area contributed by atoms with E-state index < -0.39 is 5.66 Å². The third-order valence-electron chi connectivity index (χ3n) is 6.63. The zero-order chi connectivity index (χ0) is 20.8. The molecule has 2 aliphatic rings. The summed E-state index contributed by atoms with van der Waals surface area (Å²) in [5, 5.41) is 3.36. The molecule has 2 aromatic carbocycles. The van der Waals surface area contributed by atoms with Crippen molar-refractivity contribution in [2.75, 3.05) is 30.4 Å². The fraction of sp³-hybridized carbons (Fsp3) is 0.400. The third-order valence-corrected chi connectivity index (χ3v) is 6.63. The molecule has 1 fully saturated rings. The van der Waals surface area contributed by atoms with Gasteiger partial charge in [-0.1, -0.05) is 51.1 Å². The standard InChI is InChI=1S/C25H31N3O/c1-6-18-9-12-22-21(17-18)24(2,3)25(26-23(29)14-16-28(22)25)15-13-19-7-10-20(11-8-19)27(4)5/h7-13,15,17H,6,14,16H2,1-5H3,(H,26,29)/t25-/m0/s1. The molecule has 1 amide bonds. The highest BCUT2D eigenvalue weighted by Crippen LogP contribution is 2.52. The Labute approximate surface area is 174 Å². The predicted molar refractivity (Wildman–Crippen MR) is 121 cm³/mol. The molecular formula is C25H31N3O. The van der Waals surface area contributed by atoms with E-state index in [1.165, 1.54) is 22.5 Å². The summed E-state index contributed by atoms with van der Waals surface area (Å²) < 4.78 is 0. The number of benzene rings is 2. The molecule has 4 nitrogen and oxygen atoms in total. The number of fused-ring (bicyclic) bond motifs is 3. The van der Waals surface area contributed by atoms with E-state index >= 15 is 0 Å². The molecular weight excluding hydrogens is 358 g/mol. The molecule has 2 aromatic rings. The molecule has 0 spiro atoms. The normalized spacial score (nSPS) is 22.4. The number of carbonyl (C=O) groups excluding carboxylic acids is 1. The van der Waals surface area contributed by atoms with Crippen LogP contribution in [-0.2, 0) is 16.6 Å². The molecule has 2 aliphatic heterocycles. The van der Waals surface area contributed by atoms with Gasteiger partial charge in [0.1, 0.15) is 5.66 Å². The van der Waals surface area contributed by atoms with Crippen molar-refractivity contribution in [2.45, 2.75) is 44.7 Å². The SMILES string of the molecule is CCc1ccc2c(c1)C(C)(C)[C@@]1(C=Cc3ccc(N(C)C)cc3)NC(=O)CCN21. The molecule has 0 aliphatic carbocycles. The second-order valence-electron chi connectivity index (χ2n) is 8.87. The molecule has 4 heteroatoms. The van der Waals surface area contributed by atoms with Gasteiger partial charge >= 0.3 is 0 Å². The lowest BCUT2D eigenvalue weighted by Crippen LogP contribution is -2.68. The number of rotatable bonds is 4. The maximum Gasteiger partial charge on any atom is 0.223 e. The van der Waals surface area contributed by atoms with Gasteiger partial charge in [0.25, 0.3) is 0 Å². The van der Waals surface area contributed by atoms with Crippen LogP contribution in [0, 0.1) is 0 Å². The van der Waals surface area contributed by atoms with Crippen molar-refractivity contribution in [3.63, 3.8) is 0 Å². The topological polar surface area (TPSA) is 35.6 Å². The summed E-state index contributed by atoms with van der Waals surface area (Å²) in [5.41, 5.74) is 5.38. The number of amides is 1. The molecule has 152 valence electrons. The first kappa shape index (κ1) is 19.6. The first-order chi connectivity index (χ1) is 13.8. The van der Waals surface area contributed by atoms with E-state index in [9.17, 15) is 4.79 Å². The molecule has 0 bridgehead atoms. The minimum absolute atomic E-state index is 0.116. The fourth-order valence-corrected chi connectivity index (χ4v) is 4.72. The van der Waals surface area contributed by atoms with Crippen LogP contribution in [0.5, 0.6) is 0 Å². The van der Waals surface area contributed by atoms with Gasteiger partial charge in [-0.25, -0.2) is 0 Å². The van der Waals surface area contributed by atoms with Gasteiger partial charge in [-0.05, 0) is 47.4 Å². The highest BCUT2D eigenvalue weighted by Gasteiger charge is 2.57. The van der Waals surface area contributed by atoms with E-state index in [2.05, 4.69) is 90.5 Å². The largest absolute Gasteiger partial charge is 0.378 e. The van der Waals surface area contributed by atoms with Gasteiger partial charge in [0, 0.05) is 43.9 Å². The fourth-order valence-electron chi connectivity index (χ4n) is 4.72. The van der Waals surface area contributed by atoms with E-state index in [-0.39, 0.29) is 11.3 Å². The van der Waals surface area contributed by atoms with Crippen LogP contribution in [0.2, 0.25) is 0 Å². The van der Waals surface area contributed by atoms with E-state index in [1.807, 2.05) is 14.1 Å². The summed E-state index contributed by atoms with van der Waals surface area (Å²) in [6.07, 6.45) is 5.88. The van der Waals surface area contributed by atoms with Crippen LogP contribution in [0.4, 0.5) is 11.4 Å². The van der Waals surface area contributed by atoms with E-state index in [4.69, 9.17) is 0 Å². The van der Waals surface area contributed by atoms with Gasteiger partial charge in [0.05, 0.1) is 0 Å². The number of carbonyl (C=O) groups is 1. The summed E-state index contributed by atoms with van der Waals surface area (Å²) in [5.74, 6) is 0.116. The number of anilines is 2. The van der Waals surface area contributed by atoms with Crippen LogP contribution >= 0.6 is 0 Å². The van der Waals surface area contributed by atoms with Crippen molar-refractivity contribution in [2.24, 2.45) is 0 Å². The van der Waals surface area contributed by atoms with Crippen LogP contribution in [0.3, 0.4) is 0 Å². The van der Waals surface area contributed by atoms with Crippen LogP contribution in [0.25, 0.3) is 6.08 Å². The molecule has 2 heterocycles. The Morgan fingerprint density at radius 1 is 1.14 bits per heavy atom. The third kappa shape index (κ3) is 3.02. The Morgan fingerprint density at radius 2 is 1.86 bits per heavy atom. The number of hydrogen-bond donors (Lipinski definition) is 1. The average molecular weight is 390 g/mol. The molecule has 1 saturated heterocycles. The lowest BCUT2D eigenvalue weighted by Gasteiger charge is -2.49. The monoisotopic (exact) mass is 389 g/mol. The minimum atomic E-state index is -0.558. The van der Waals surface area contributed by atoms with Crippen LogP contribution in [0.15, 0.2) is 48.5 Å². The van der Waals surface area contributed by atoms with E-state index in [1.54, 1.807) is 0 Å². The highest BCUT2D eigenvalue weighted by atomic mass is 16.2. The second-order valence-corrected chi connectivity index (χ2v) is 8.87. The van der Waals surface area contributed by atoms with Gasteiger partial charge < -0.3 is 15.1 Å². The first-order valence-corrected chi connectivity index (χ1v) is 10.5. The lowest BCUT2D eigenvalue weighted by molar-refractivity contribution is -0.124. The second kappa shape index (κ2) is 6.94. The number of hydrogen-bond acceptors (Lipinski definition) is 3. The molecule has 0 aromatic heterocycles. The van der Waals surface area contributed by atoms with Gasteiger partial charge in [-0.3, -0.25) is 4.79 Å². The van der Waals surface area contributed by atoms with Crippen LogP contribution in [-0.4, -0.2) is 32.2 Å². The molecule has 29 heavy (non-hydrogen) atoms. The molecule has 0 unspecified atom stereocenters. The van der Waals surface area contributed by atoms with Crippen molar-refractivity contribution in [3.8, 4) is 0 Å². The zero-order valence-corrected chi connectivity index (χ0v) is 18.1. The summed E-state index contributed by atoms with van der Waals surface area (Å²) >= 11 is 0. The Bertz CT molecular complexity index is 959. The Morgan fingerprint density at radius 3 is 2.52 bits per heavy atom. The maximum absolute atomic E-state index is 12.5. The molecule has 0 radical (unpaired) electrons. The van der Waals surface area contributed by atoms with Crippen molar-refractivity contribution in [1.82, 2.24) is 5.32 Å². The highest BCUT2D eigenvalue weighted by molar-refractivity contribution is 5.84. The smallest absolute Gasteiger partial charge is 0.223 e. The summed E-state index contributed by atoms with van der Waals surface area (Å²) in [4.78, 5) is 17.0. The summed E-state index contributed by atoms with van der Waals surface area (Å²) in [7, 11) is 4.09. The predicted octanol–water partition coefficient (Wildman–Crippen LogP) is 4.34. The number of nitrogens with zero attached hydrogens (tertiary/aromatic N) is 2. The van der Waals surface area contributed by atoms with Gasteiger partial charge in [-0.15, -0.1) is 0 Å². The summed E-state index contributed by atoms with van der Waals surface area (Å²) in [6, 6.07) is 15.3. The van der Waals surface area contributed by atoms with Crippen molar-refractivity contribution >= 4 is 23.4 Å². The maximum atomic E-state index is 12.5. The van der Waals surface area contributed by atoms with E-state index in [0.717, 1.165) is 18.5 Å². The minimum Gasteiger partial charge on any atom is -0.378 e. The van der Waals surface area contributed by atoms with Crippen molar-refractivity contribution in [1.29, 1.82) is 0 Å². The van der Waals surface area contributed by atoms with Crippen molar-refractivity contribution < 1.29 is 4.79 Å². The molecule has 1 N–H and O–H groups in total. The van der Waals surface area contributed by atoms with Crippen LogP contribution in [0.1, 0.15) is 43.9 Å². The lowest BCUT2D eigenvalue weighted by atomic mass is 9.74.